The Morgan fingerprint density at radius 2 is 1.48 bits per heavy atom. The molecule has 1 atom stereocenters. The second-order valence-electron chi connectivity index (χ2n) is 9.84. The minimum atomic E-state index is -0.901. The average molecular weight is 593 g/mol. The van der Waals surface area contributed by atoms with E-state index in [-0.39, 0.29) is 0 Å². The molecule has 0 amide bonds. The molecule has 0 aliphatic rings. The van der Waals surface area contributed by atoms with Crippen LogP contribution in [0.25, 0.3) is 0 Å². The molecule has 2 aromatic rings. The fourth-order valence-corrected chi connectivity index (χ4v) is 3.72. The molecule has 0 spiro atoms. The molecule has 0 radical (unpaired) electrons. The van der Waals surface area contributed by atoms with Crippen LogP contribution < -0.4 is 0 Å². The van der Waals surface area contributed by atoms with Crippen LogP contribution in [0.15, 0.2) is 48.2 Å². The standard InChI is InChI=1S/C15H22Cl2.C8H9NO2.C6H12.C4H10.C2H2/c1-4-5-12(7-6-11(2)3)13-8-14(16)10-15(17)9-13;1-2-7-5-6(8(10)11)3-4-9-7;1-4-6(3)5-2;1-3-4-2;1-2/h8-12H,4-7H2,1-3H3;3-5H,2H2,1H3,(H,10,11);4H,5H2,1-3H3;3-4H2,1-2H3;1-2H/b;;6-4+;;. The van der Waals surface area contributed by atoms with Crippen LogP contribution in [-0.2, 0) is 6.42 Å². The fourth-order valence-electron chi connectivity index (χ4n) is 3.18. The number of hydrogen-bond donors (Lipinski definition) is 1. The number of carboxylic acid groups (broad SMARTS) is 1. The van der Waals surface area contributed by atoms with Crippen molar-refractivity contribution >= 4 is 29.2 Å². The van der Waals surface area contributed by atoms with E-state index >= 15 is 0 Å². The smallest absolute Gasteiger partial charge is 0.335 e. The lowest BCUT2D eigenvalue weighted by Gasteiger charge is -2.18. The summed E-state index contributed by atoms with van der Waals surface area (Å²) in [6.07, 6.45) is 21.1. The zero-order valence-electron chi connectivity index (χ0n) is 26.6. The molecule has 1 N–H and O–H groups in total. The number of rotatable bonds is 10. The number of carbonyl (C=O) groups is 1. The Labute approximate surface area is 256 Å². The van der Waals surface area contributed by atoms with Crippen molar-refractivity contribution in [1.29, 1.82) is 0 Å². The minimum Gasteiger partial charge on any atom is -0.478 e. The Kier molecular flexibility index (Phi) is 29.8. The summed E-state index contributed by atoms with van der Waals surface area (Å²) in [6, 6.07) is 9.00. The summed E-state index contributed by atoms with van der Waals surface area (Å²) < 4.78 is 0. The van der Waals surface area contributed by atoms with Crippen LogP contribution in [-0.4, -0.2) is 16.1 Å². The number of unbranched alkanes of at least 4 members (excludes halogenated alkanes) is 1. The van der Waals surface area contributed by atoms with E-state index in [0.717, 1.165) is 28.1 Å². The fraction of sp³-hybridized carbons (Fsp3) is 0.543. The number of halogens is 2. The topological polar surface area (TPSA) is 50.2 Å². The highest BCUT2D eigenvalue weighted by Crippen LogP contribution is 2.31. The first-order valence-electron chi connectivity index (χ1n) is 14.6. The second kappa shape index (κ2) is 28.3. The van der Waals surface area contributed by atoms with E-state index in [1.807, 2.05) is 6.92 Å². The van der Waals surface area contributed by atoms with E-state index in [9.17, 15) is 4.79 Å². The molecule has 5 heteroatoms. The van der Waals surface area contributed by atoms with Crippen LogP contribution in [0.3, 0.4) is 0 Å². The Morgan fingerprint density at radius 1 is 0.925 bits per heavy atom. The maximum Gasteiger partial charge on any atom is 0.335 e. The summed E-state index contributed by atoms with van der Waals surface area (Å²) in [5, 5.41) is 10.1. The lowest BCUT2D eigenvalue weighted by Crippen LogP contribution is -2.01. The predicted octanol–water partition coefficient (Wildman–Crippen LogP) is 12.1. The van der Waals surface area contributed by atoms with Crippen LogP contribution in [0.5, 0.6) is 0 Å². The summed E-state index contributed by atoms with van der Waals surface area (Å²) in [7, 11) is 0. The highest BCUT2D eigenvalue weighted by molar-refractivity contribution is 6.34. The number of aryl methyl sites for hydroxylation is 1. The molecule has 0 aliphatic heterocycles. The minimum absolute atomic E-state index is 0.303. The van der Waals surface area contributed by atoms with E-state index in [0.29, 0.717) is 11.5 Å². The molecule has 0 saturated heterocycles. The summed E-state index contributed by atoms with van der Waals surface area (Å²) in [5.41, 5.74) is 3.88. The van der Waals surface area contributed by atoms with Crippen molar-refractivity contribution in [3.05, 3.63) is 75.0 Å². The summed E-state index contributed by atoms with van der Waals surface area (Å²) in [4.78, 5) is 14.4. The molecule has 226 valence electrons. The Morgan fingerprint density at radius 3 is 1.82 bits per heavy atom. The third-order valence-corrected chi connectivity index (χ3v) is 6.50. The van der Waals surface area contributed by atoms with Crippen molar-refractivity contribution in [2.45, 2.75) is 120 Å². The summed E-state index contributed by atoms with van der Waals surface area (Å²) in [6.45, 7) is 19.4. The van der Waals surface area contributed by atoms with Gasteiger partial charge < -0.3 is 5.11 Å². The molecule has 0 bridgehead atoms. The predicted molar refractivity (Wildman–Crippen MR) is 179 cm³/mol. The zero-order chi connectivity index (χ0) is 31.5. The van der Waals surface area contributed by atoms with Gasteiger partial charge in [-0.1, -0.05) is 109 Å². The van der Waals surface area contributed by atoms with Gasteiger partial charge in [0.25, 0.3) is 0 Å². The third kappa shape index (κ3) is 23.6. The van der Waals surface area contributed by atoms with E-state index in [1.54, 1.807) is 12.1 Å². The summed E-state index contributed by atoms with van der Waals surface area (Å²) >= 11 is 12.1. The highest BCUT2D eigenvalue weighted by atomic mass is 35.5. The number of nitrogens with zero attached hydrogens (tertiary/aromatic N) is 1. The van der Waals surface area contributed by atoms with E-state index in [4.69, 9.17) is 28.3 Å². The number of hydrogen-bond acceptors (Lipinski definition) is 2. The third-order valence-electron chi connectivity index (χ3n) is 6.06. The molecule has 1 aromatic heterocycles. The number of pyridine rings is 1. The molecule has 2 rings (SSSR count). The highest BCUT2D eigenvalue weighted by Gasteiger charge is 2.13. The van der Waals surface area contributed by atoms with Gasteiger partial charge in [0.2, 0.25) is 0 Å². The van der Waals surface area contributed by atoms with Crippen molar-refractivity contribution in [2.75, 3.05) is 0 Å². The molecule has 1 heterocycles. The molecular formula is C35H55Cl2NO2. The van der Waals surface area contributed by atoms with Crippen LogP contribution >= 0.6 is 23.2 Å². The molecule has 3 nitrogen and oxygen atoms in total. The molecule has 0 fully saturated rings. The Hall–Kier alpha value is -2.28. The maximum absolute atomic E-state index is 10.4. The second-order valence-corrected chi connectivity index (χ2v) is 10.7. The van der Waals surface area contributed by atoms with Crippen molar-refractivity contribution in [2.24, 2.45) is 5.92 Å². The Balaban J connectivity index is -0.000000509. The summed E-state index contributed by atoms with van der Waals surface area (Å²) in [5.74, 6) is 0.449. The van der Waals surface area contributed by atoms with Gasteiger partial charge in [0, 0.05) is 21.9 Å². The molecular weight excluding hydrogens is 537 g/mol. The van der Waals surface area contributed by atoms with Gasteiger partial charge in [-0.15, -0.1) is 12.8 Å². The van der Waals surface area contributed by atoms with Gasteiger partial charge in [-0.05, 0) is 87.3 Å². The van der Waals surface area contributed by atoms with Crippen LogP contribution in [0.4, 0.5) is 0 Å². The molecule has 40 heavy (non-hydrogen) atoms. The molecule has 1 unspecified atom stereocenters. The maximum atomic E-state index is 10.4. The number of benzene rings is 1. The van der Waals surface area contributed by atoms with Gasteiger partial charge in [-0.2, -0.15) is 0 Å². The van der Waals surface area contributed by atoms with Gasteiger partial charge in [-0.25, -0.2) is 4.79 Å². The number of terminal acetylenes is 1. The van der Waals surface area contributed by atoms with Crippen LogP contribution in [0.2, 0.25) is 10.0 Å². The first kappa shape index (κ1) is 42.2. The van der Waals surface area contributed by atoms with E-state index in [1.165, 1.54) is 68.3 Å². The lowest BCUT2D eigenvalue weighted by molar-refractivity contribution is 0.0696. The first-order valence-corrected chi connectivity index (χ1v) is 15.3. The van der Waals surface area contributed by atoms with Gasteiger partial charge in [0.15, 0.2) is 0 Å². The van der Waals surface area contributed by atoms with E-state index in [2.05, 4.69) is 91.4 Å². The van der Waals surface area contributed by atoms with Crippen molar-refractivity contribution in [3.63, 3.8) is 0 Å². The van der Waals surface area contributed by atoms with E-state index < -0.39 is 5.97 Å². The number of carboxylic acids is 1. The first-order chi connectivity index (χ1) is 19.0. The van der Waals surface area contributed by atoms with Crippen molar-refractivity contribution < 1.29 is 9.90 Å². The van der Waals surface area contributed by atoms with Crippen LogP contribution in [0.1, 0.15) is 135 Å². The average Bonchev–Trinajstić information content (AvgIpc) is 2.96. The molecule has 0 aliphatic carbocycles. The largest absolute Gasteiger partial charge is 0.478 e. The van der Waals surface area contributed by atoms with Crippen molar-refractivity contribution in [1.82, 2.24) is 4.98 Å². The van der Waals surface area contributed by atoms with Gasteiger partial charge in [0.05, 0.1) is 5.56 Å². The van der Waals surface area contributed by atoms with Crippen LogP contribution in [0, 0.1) is 18.8 Å². The SMILES string of the molecule is C#C.C/C=C(\C)CC.CCCC.CCCC(CCC(C)C)c1cc(Cl)cc(Cl)c1.CCc1cc(C(=O)O)ccn1. The van der Waals surface area contributed by atoms with Crippen molar-refractivity contribution in [3.8, 4) is 12.8 Å². The molecule has 0 saturated carbocycles. The van der Waals surface area contributed by atoms with Gasteiger partial charge in [0.1, 0.15) is 0 Å². The van der Waals surface area contributed by atoms with Gasteiger partial charge in [-0.3, -0.25) is 4.98 Å². The number of aromatic nitrogens is 1. The number of allylic oxidation sites excluding steroid dienone is 2. The lowest BCUT2D eigenvalue weighted by atomic mass is 9.88. The van der Waals surface area contributed by atoms with Gasteiger partial charge >= 0.3 is 5.97 Å². The zero-order valence-corrected chi connectivity index (χ0v) is 28.1. The monoisotopic (exact) mass is 591 g/mol. The quantitative estimate of drug-likeness (QED) is 0.220. The Bertz CT molecular complexity index is 929. The molecule has 1 aromatic carbocycles. The normalized spacial score (nSPS) is 10.8. The number of aromatic carboxylic acids is 1.